The molecule has 0 N–H and O–H groups in total. The van der Waals surface area contributed by atoms with E-state index in [0.29, 0.717) is 12.2 Å². The first-order valence-electron chi connectivity index (χ1n) is 14.5. The normalized spacial score (nSPS) is 31.9. The zero-order valence-electron chi connectivity index (χ0n) is 24.2. The van der Waals surface area contributed by atoms with Crippen LogP contribution in [-0.2, 0) is 30.6 Å². The molecule has 0 amide bonds. The molecule has 3 aliphatic heterocycles. The molecule has 5 atom stereocenters. The maximum atomic E-state index is 2.71. The Labute approximate surface area is 232 Å². The lowest BCUT2D eigenvalue weighted by Crippen LogP contribution is -2.49. The summed E-state index contributed by atoms with van der Waals surface area (Å²) in [5.41, 5.74) is 8.63. The van der Waals surface area contributed by atoms with Crippen LogP contribution >= 0.6 is 0 Å². The van der Waals surface area contributed by atoms with Crippen LogP contribution in [0.3, 0.4) is 0 Å². The van der Waals surface area contributed by atoms with E-state index in [1.54, 1.807) is 5.56 Å². The third-order valence-electron chi connectivity index (χ3n) is 11.1. The number of hydrogen-bond acceptors (Lipinski definition) is 3. The average molecular weight is 518 g/mol. The van der Waals surface area contributed by atoms with E-state index >= 15 is 0 Å². The van der Waals surface area contributed by atoms with E-state index in [1.165, 1.54) is 46.0 Å². The Hall–Kier alpha value is -3.60. The summed E-state index contributed by atoms with van der Waals surface area (Å²) in [6.07, 6.45) is 5.97. The van der Waals surface area contributed by atoms with Gasteiger partial charge in [-0.05, 0) is 75.1 Å². The van der Waals surface area contributed by atoms with E-state index in [0.717, 1.165) is 6.54 Å². The zero-order chi connectivity index (χ0) is 27.1. The van der Waals surface area contributed by atoms with Crippen molar-refractivity contribution in [2.75, 3.05) is 21.2 Å². The number of rotatable bonds is 3. The van der Waals surface area contributed by atoms with E-state index in [9.17, 15) is 0 Å². The first kappa shape index (κ1) is 23.3. The molecular formula is C34H39N5. The lowest BCUT2D eigenvalue weighted by atomic mass is 9.78. The second kappa shape index (κ2) is 7.12. The van der Waals surface area contributed by atoms with E-state index in [2.05, 4.69) is 146 Å². The van der Waals surface area contributed by atoms with E-state index in [1.807, 2.05) is 0 Å². The smallest absolute Gasteiger partial charge is 0.110 e. The molecule has 0 saturated carbocycles. The van der Waals surface area contributed by atoms with Crippen LogP contribution in [-0.4, -0.2) is 27.9 Å². The molecule has 0 spiro atoms. The van der Waals surface area contributed by atoms with Crippen molar-refractivity contribution < 1.29 is 0 Å². The van der Waals surface area contributed by atoms with Crippen molar-refractivity contribution in [2.24, 2.45) is 14.1 Å². The quantitative estimate of drug-likeness (QED) is 0.301. The lowest BCUT2D eigenvalue weighted by Gasteiger charge is -2.45. The molecule has 200 valence electrons. The van der Waals surface area contributed by atoms with E-state index in [-0.39, 0.29) is 16.5 Å². The van der Waals surface area contributed by atoms with Crippen molar-refractivity contribution >= 4 is 17.3 Å². The van der Waals surface area contributed by atoms with E-state index < -0.39 is 0 Å². The number of anilines is 3. The molecule has 5 heteroatoms. The van der Waals surface area contributed by atoms with Crippen molar-refractivity contribution in [1.82, 2.24) is 9.13 Å². The van der Waals surface area contributed by atoms with Gasteiger partial charge in [-0.2, -0.15) is 0 Å². The van der Waals surface area contributed by atoms with Crippen LogP contribution in [0, 0.1) is 0 Å². The highest BCUT2D eigenvalue weighted by molar-refractivity contribution is 5.80. The molecule has 4 bridgehead atoms. The minimum absolute atomic E-state index is 0.0152. The Balaban J connectivity index is 1.18. The molecule has 2 aromatic heterocycles. The van der Waals surface area contributed by atoms with Gasteiger partial charge in [-0.25, -0.2) is 0 Å². The van der Waals surface area contributed by atoms with Crippen LogP contribution in [0.15, 0.2) is 73.1 Å². The molecular weight excluding hydrogens is 478 g/mol. The molecule has 2 saturated heterocycles. The summed E-state index contributed by atoms with van der Waals surface area (Å²) in [5, 5.41) is 0. The maximum Gasteiger partial charge on any atom is 0.110 e. The second-order valence-electron chi connectivity index (χ2n) is 13.3. The summed E-state index contributed by atoms with van der Waals surface area (Å²) < 4.78 is 4.60. The number of nitrogens with zero attached hydrogens (tertiary/aromatic N) is 5. The third-order valence-corrected chi connectivity index (χ3v) is 11.1. The Kier molecular flexibility index (Phi) is 4.26. The summed E-state index contributed by atoms with van der Waals surface area (Å²) in [6, 6.07) is 23.6. The molecule has 3 unspecified atom stereocenters. The van der Waals surface area contributed by atoms with Gasteiger partial charge in [-0.15, -0.1) is 0 Å². The van der Waals surface area contributed by atoms with Crippen molar-refractivity contribution in [3.05, 3.63) is 89.7 Å². The van der Waals surface area contributed by atoms with Gasteiger partial charge in [0, 0.05) is 61.3 Å². The largest absolute Gasteiger partial charge is 0.348 e. The van der Waals surface area contributed by atoms with Gasteiger partial charge >= 0.3 is 0 Å². The topological polar surface area (TPSA) is 19.6 Å². The first-order valence-corrected chi connectivity index (χ1v) is 14.5. The fraction of sp³-hybridized carbons (Fsp3) is 0.412. The molecule has 39 heavy (non-hydrogen) atoms. The number of fused-ring (bicyclic) bond motifs is 10. The third kappa shape index (κ3) is 2.62. The van der Waals surface area contributed by atoms with Gasteiger partial charge in [0.25, 0.3) is 0 Å². The molecule has 5 heterocycles. The molecule has 1 aliphatic carbocycles. The maximum absolute atomic E-state index is 2.71. The second-order valence-corrected chi connectivity index (χ2v) is 13.3. The molecule has 2 fully saturated rings. The Bertz CT molecular complexity index is 1660. The molecule has 2 aromatic carbocycles. The SMILES string of the molecule is C[C@@H]1N(c2cc(-c3ccc4c(c3)N3CC4(C)N(c4cccn4C)[C@H]3C)cn2C)C2(C)CC1(C)c1ccccc12. The average Bonchev–Trinajstić information content (AvgIpc) is 3.71. The monoisotopic (exact) mass is 517 g/mol. The number of benzene rings is 2. The van der Waals surface area contributed by atoms with Gasteiger partial charge in [0.15, 0.2) is 0 Å². The van der Waals surface area contributed by atoms with E-state index in [4.69, 9.17) is 0 Å². The van der Waals surface area contributed by atoms with Crippen LogP contribution in [0.25, 0.3) is 11.1 Å². The Morgan fingerprint density at radius 2 is 1.49 bits per heavy atom. The molecule has 8 rings (SSSR count). The fourth-order valence-electron chi connectivity index (χ4n) is 9.20. The van der Waals surface area contributed by atoms with Gasteiger partial charge in [-0.1, -0.05) is 43.3 Å². The van der Waals surface area contributed by atoms with Crippen LogP contribution < -0.4 is 14.7 Å². The minimum atomic E-state index is -0.0249. The highest BCUT2D eigenvalue weighted by Gasteiger charge is 2.62. The molecule has 4 aliphatic rings. The predicted octanol–water partition coefficient (Wildman–Crippen LogP) is 6.72. The van der Waals surface area contributed by atoms with Crippen LogP contribution in [0.4, 0.5) is 17.3 Å². The number of hydrogen-bond donors (Lipinski definition) is 0. The molecule has 5 nitrogen and oxygen atoms in total. The Morgan fingerprint density at radius 1 is 0.718 bits per heavy atom. The molecule has 0 radical (unpaired) electrons. The summed E-state index contributed by atoms with van der Waals surface area (Å²) >= 11 is 0. The number of aromatic nitrogens is 2. The van der Waals surface area contributed by atoms with Gasteiger partial charge in [-0.3, -0.25) is 0 Å². The predicted molar refractivity (Wildman–Crippen MR) is 161 cm³/mol. The van der Waals surface area contributed by atoms with Crippen LogP contribution in [0.2, 0.25) is 0 Å². The van der Waals surface area contributed by atoms with Gasteiger partial charge in [0.05, 0.1) is 11.1 Å². The van der Waals surface area contributed by atoms with Crippen LogP contribution in [0.5, 0.6) is 0 Å². The van der Waals surface area contributed by atoms with Crippen molar-refractivity contribution in [3.63, 3.8) is 0 Å². The van der Waals surface area contributed by atoms with Crippen molar-refractivity contribution in [2.45, 2.75) is 69.7 Å². The molecule has 4 aromatic rings. The highest BCUT2D eigenvalue weighted by Crippen LogP contribution is 2.62. The van der Waals surface area contributed by atoms with Crippen LogP contribution in [0.1, 0.15) is 57.7 Å². The van der Waals surface area contributed by atoms with Gasteiger partial charge in [0.2, 0.25) is 0 Å². The minimum Gasteiger partial charge on any atom is -0.348 e. The van der Waals surface area contributed by atoms with Crippen molar-refractivity contribution in [3.8, 4) is 11.1 Å². The Morgan fingerprint density at radius 3 is 2.23 bits per heavy atom. The highest BCUT2D eigenvalue weighted by atomic mass is 15.5. The van der Waals surface area contributed by atoms with Crippen molar-refractivity contribution in [1.29, 1.82) is 0 Å². The summed E-state index contributed by atoms with van der Waals surface area (Å²) in [5.74, 6) is 2.60. The fourth-order valence-corrected chi connectivity index (χ4v) is 9.20. The van der Waals surface area contributed by atoms with Gasteiger partial charge in [0.1, 0.15) is 17.8 Å². The summed E-state index contributed by atoms with van der Waals surface area (Å²) in [4.78, 5) is 7.90. The summed E-state index contributed by atoms with van der Waals surface area (Å²) in [7, 11) is 4.37. The summed E-state index contributed by atoms with van der Waals surface area (Å²) in [6.45, 7) is 13.1. The standard InChI is InChI=1S/C34H39N5/c1-22-32(3)20-33(4,27-12-9-8-11-26(27)32)38(22)31-18-25(19-36(31)7)24-14-15-28-29(17-24)37-21-34(28,5)39(23(37)2)30-13-10-16-35(30)6/h8-19,22-23H,20-21H2,1-7H3/t22-,23-,32?,33?,34?/m0/s1. The first-order chi connectivity index (χ1) is 18.6. The number of aryl methyl sites for hydroxylation is 2. The zero-order valence-corrected chi connectivity index (χ0v) is 24.2. The van der Waals surface area contributed by atoms with Gasteiger partial charge < -0.3 is 23.8 Å². The lowest BCUT2D eigenvalue weighted by molar-refractivity contribution is 0.447.